The van der Waals surface area contributed by atoms with Gasteiger partial charge in [0.25, 0.3) is 0 Å². The molecule has 132 valence electrons. The Labute approximate surface area is 146 Å². The molecule has 5 nitrogen and oxygen atoms in total. The molecule has 0 saturated carbocycles. The lowest BCUT2D eigenvalue weighted by Gasteiger charge is -2.12. The van der Waals surface area contributed by atoms with Crippen molar-refractivity contribution < 1.29 is 22.8 Å². The van der Waals surface area contributed by atoms with Gasteiger partial charge in [0.1, 0.15) is 6.42 Å². The van der Waals surface area contributed by atoms with Gasteiger partial charge in [0.05, 0.1) is 10.6 Å². The molecule has 0 spiro atoms. The average molecular weight is 372 g/mol. The maximum absolute atomic E-state index is 12.8. The van der Waals surface area contributed by atoms with E-state index in [1.54, 1.807) is 24.5 Å². The van der Waals surface area contributed by atoms with Gasteiger partial charge in [0.15, 0.2) is 0 Å². The zero-order valence-electron chi connectivity index (χ0n) is 12.7. The average Bonchev–Trinajstić information content (AvgIpc) is 2.54. The number of pyridine rings is 1. The Morgan fingerprint density at radius 1 is 1.16 bits per heavy atom. The highest BCUT2D eigenvalue weighted by Crippen LogP contribution is 2.36. The summed E-state index contributed by atoms with van der Waals surface area (Å²) >= 11 is 5.50. The standard InChI is InChI=1S/C16H13ClF3N3O2/c17-13-4-3-11(6-12(13)16(18,19)20)23-15(25)7-14(24)22-9-10-2-1-5-21-8-10/h1-6,8H,7,9H2,(H,22,24)(H,23,25). The number of nitrogens with one attached hydrogen (secondary N) is 2. The molecule has 0 fully saturated rings. The van der Waals surface area contributed by atoms with Gasteiger partial charge in [-0.3, -0.25) is 14.6 Å². The second kappa shape index (κ2) is 7.98. The third-order valence-corrected chi connectivity index (χ3v) is 3.42. The molecule has 0 bridgehead atoms. The van der Waals surface area contributed by atoms with Crippen LogP contribution in [0.2, 0.25) is 5.02 Å². The highest BCUT2D eigenvalue weighted by Gasteiger charge is 2.33. The van der Waals surface area contributed by atoms with Crippen molar-refractivity contribution in [2.24, 2.45) is 0 Å². The van der Waals surface area contributed by atoms with E-state index in [0.29, 0.717) is 6.07 Å². The molecule has 0 aliphatic heterocycles. The maximum Gasteiger partial charge on any atom is 0.417 e. The quantitative estimate of drug-likeness (QED) is 0.791. The third-order valence-electron chi connectivity index (χ3n) is 3.09. The number of halogens is 4. The molecule has 0 aliphatic carbocycles. The van der Waals surface area contributed by atoms with Crippen LogP contribution in [0.1, 0.15) is 17.5 Å². The van der Waals surface area contributed by atoms with E-state index < -0.39 is 35.0 Å². The molecule has 0 saturated heterocycles. The van der Waals surface area contributed by atoms with Gasteiger partial charge in [0.2, 0.25) is 11.8 Å². The van der Waals surface area contributed by atoms with Crippen LogP contribution in [0.5, 0.6) is 0 Å². The Bertz CT molecular complexity index is 767. The van der Waals surface area contributed by atoms with Crippen molar-refractivity contribution in [3.63, 3.8) is 0 Å². The Kier molecular flexibility index (Phi) is 5.97. The first kappa shape index (κ1) is 18.7. The highest BCUT2D eigenvalue weighted by atomic mass is 35.5. The lowest BCUT2D eigenvalue weighted by molar-refractivity contribution is -0.137. The number of carbonyl (C=O) groups excluding carboxylic acids is 2. The summed E-state index contributed by atoms with van der Waals surface area (Å²) in [7, 11) is 0. The van der Waals surface area contributed by atoms with E-state index in [4.69, 9.17) is 11.6 Å². The van der Waals surface area contributed by atoms with Crippen molar-refractivity contribution in [3.8, 4) is 0 Å². The molecule has 1 aromatic carbocycles. The highest BCUT2D eigenvalue weighted by molar-refractivity contribution is 6.31. The fourth-order valence-electron chi connectivity index (χ4n) is 1.94. The fraction of sp³-hybridized carbons (Fsp3) is 0.188. The maximum atomic E-state index is 12.8. The van der Waals surface area contributed by atoms with Crippen LogP contribution < -0.4 is 10.6 Å². The number of aromatic nitrogens is 1. The molecule has 0 unspecified atom stereocenters. The van der Waals surface area contributed by atoms with Gasteiger partial charge >= 0.3 is 6.18 Å². The van der Waals surface area contributed by atoms with E-state index in [0.717, 1.165) is 11.6 Å². The van der Waals surface area contributed by atoms with E-state index >= 15 is 0 Å². The van der Waals surface area contributed by atoms with E-state index in [-0.39, 0.29) is 12.2 Å². The Hall–Kier alpha value is -2.61. The molecular formula is C16H13ClF3N3O2. The van der Waals surface area contributed by atoms with Crippen molar-refractivity contribution in [2.75, 3.05) is 5.32 Å². The molecule has 0 atom stereocenters. The van der Waals surface area contributed by atoms with Crippen LogP contribution in [0.3, 0.4) is 0 Å². The lowest BCUT2D eigenvalue weighted by atomic mass is 10.2. The second-order valence-corrected chi connectivity index (χ2v) is 5.46. The van der Waals surface area contributed by atoms with Crippen LogP contribution >= 0.6 is 11.6 Å². The van der Waals surface area contributed by atoms with E-state index in [1.807, 2.05) is 0 Å². The first-order valence-corrected chi connectivity index (χ1v) is 7.45. The number of nitrogens with zero attached hydrogens (tertiary/aromatic N) is 1. The smallest absolute Gasteiger partial charge is 0.352 e. The topological polar surface area (TPSA) is 71.1 Å². The monoisotopic (exact) mass is 371 g/mol. The molecule has 1 heterocycles. The van der Waals surface area contributed by atoms with Crippen molar-refractivity contribution in [1.29, 1.82) is 0 Å². The van der Waals surface area contributed by atoms with Crippen molar-refractivity contribution >= 4 is 29.1 Å². The van der Waals surface area contributed by atoms with Gasteiger partial charge < -0.3 is 10.6 Å². The van der Waals surface area contributed by atoms with Gasteiger partial charge in [0, 0.05) is 24.6 Å². The van der Waals surface area contributed by atoms with Crippen LogP contribution in [0.4, 0.5) is 18.9 Å². The van der Waals surface area contributed by atoms with E-state index in [1.165, 1.54) is 6.07 Å². The minimum atomic E-state index is -4.64. The van der Waals surface area contributed by atoms with Crippen molar-refractivity contribution in [2.45, 2.75) is 19.1 Å². The van der Waals surface area contributed by atoms with E-state index in [9.17, 15) is 22.8 Å². The van der Waals surface area contributed by atoms with Crippen molar-refractivity contribution in [1.82, 2.24) is 10.3 Å². The minimum absolute atomic E-state index is 0.0956. The van der Waals surface area contributed by atoms with Gasteiger partial charge in [-0.25, -0.2) is 0 Å². The lowest BCUT2D eigenvalue weighted by Crippen LogP contribution is -2.27. The number of alkyl halides is 3. The van der Waals surface area contributed by atoms with Gasteiger partial charge in [-0.15, -0.1) is 0 Å². The number of hydrogen-bond acceptors (Lipinski definition) is 3. The summed E-state index contributed by atoms with van der Waals surface area (Å²) in [4.78, 5) is 27.4. The summed E-state index contributed by atoms with van der Waals surface area (Å²) in [6.07, 6.45) is -2.02. The SMILES string of the molecule is O=C(CC(=O)Nc1ccc(Cl)c(C(F)(F)F)c1)NCc1cccnc1. The largest absolute Gasteiger partial charge is 0.417 e. The van der Waals surface area contributed by atoms with Crippen molar-refractivity contribution in [3.05, 3.63) is 58.9 Å². The number of carbonyl (C=O) groups is 2. The Morgan fingerprint density at radius 2 is 1.92 bits per heavy atom. The van der Waals surface area contributed by atoms with Crippen LogP contribution in [0.15, 0.2) is 42.7 Å². The number of anilines is 1. The van der Waals surface area contributed by atoms with Gasteiger partial charge in [-0.1, -0.05) is 17.7 Å². The first-order valence-electron chi connectivity index (χ1n) is 7.08. The number of amides is 2. The summed E-state index contributed by atoms with van der Waals surface area (Å²) < 4.78 is 38.3. The molecule has 2 amide bonds. The van der Waals surface area contributed by atoms with Crippen LogP contribution in [-0.4, -0.2) is 16.8 Å². The summed E-state index contributed by atoms with van der Waals surface area (Å²) in [6.45, 7) is 0.194. The van der Waals surface area contributed by atoms with Crippen LogP contribution in [0, 0.1) is 0 Å². The predicted octanol–water partition coefficient (Wildman–Crippen LogP) is 3.40. The third kappa shape index (κ3) is 5.75. The summed E-state index contributed by atoms with van der Waals surface area (Å²) in [5.41, 5.74) is -0.404. The van der Waals surface area contributed by atoms with Gasteiger partial charge in [-0.2, -0.15) is 13.2 Å². The zero-order valence-corrected chi connectivity index (χ0v) is 13.5. The minimum Gasteiger partial charge on any atom is -0.352 e. The molecule has 0 aliphatic rings. The fourth-order valence-corrected chi connectivity index (χ4v) is 2.16. The van der Waals surface area contributed by atoms with E-state index in [2.05, 4.69) is 15.6 Å². The van der Waals surface area contributed by atoms with Crippen LogP contribution in [0.25, 0.3) is 0 Å². The number of benzene rings is 1. The molecule has 25 heavy (non-hydrogen) atoms. The Balaban J connectivity index is 1.90. The zero-order chi connectivity index (χ0) is 18.4. The molecule has 2 aromatic rings. The number of hydrogen-bond donors (Lipinski definition) is 2. The second-order valence-electron chi connectivity index (χ2n) is 5.06. The predicted molar refractivity (Wildman–Crippen MR) is 85.8 cm³/mol. The molecule has 2 rings (SSSR count). The van der Waals surface area contributed by atoms with Crippen LogP contribution in [-0.2, 0) is 22.3 Å². The van der Waals surface area contributed by atoms with Gasteiger partial charge in [-0.05, 0) is 29.8 Å². The molecular weight excluding hydrogens is 359 g/mol. The first-order chi connectivity index (χ1) is 11.8. The normalized spacial score (nSPS) is 11.0. The number of rotatable bonds is 5. The molecule has 2 N–H and O–H groups in total. The molecule has 1 aromatic heterocycles. The summed E-state index contributed by atoms with van der Waals surface area (Å²) in [6, 6.07) is 6.42. The Morgan fingerprint density at radius 3 is 2.56 bits per heavy atom. The molecule has 9 heteroatoms. The summed E-state index contributed by atoms with van der Waals surface area (Å²) in [5, 5.41) is 4.29. The molecule has 0 radical (unpaired) electrons. The summed E-state index contributed by atoms with van der Waals surface area (Å²) in [5.74, 6) is -1.30.